The molecule has 1 N–H and O–H groups in total. The van der Waals surface area contributed by atoms with Gasteiger partial charge < -0.3 is 9.84 Å². The second kappa shape index (κ2) is 5.10. The van der Waals surface area contributed by atoms with E-state index in [9.17, 15) is 9.90 Å². The molecule has 1 fully saturated rings. The first-order valence-corrected chi connectivity index (χ1v) is 7.12. The van der Waals surface area contributed by atoms with Crippen molar-refractivity contribution in [2.75, 3.05) is 0 Å². The Hall–Kier alpha value is -2.40. The molecule has 1 aromatic heterocycles. The van der Waals surface area contributed by atoms with Gasteiger partial charge in [0.1, 0.15) is 0 Å². The van der Waals surface area contributed by atoms with Gasteiger partial charge in [0.25, 0.3) is 0 Å². The van der Waals surface area contributed by atoms with Crippen molar-refractivity contribution in [3.63, 3.8) is 0 Å². The summed E-state index contributed by atoms with van der Waals surface area (Å²) in [6.07, 6.45) is 2.70. The molecule has 114 valence electrons. The number of nitrogens with zero attached hydrogens (tertiary/aromatic N) is 2. The average Bonchev–Trinajstić information content (AvgIpc) is 2.70. The van der Waals surface area contributed by atoms with Gasteiger partial charge in [-0.2, -0.15) is 0 Å². The minimum Gasteiger partial charge on any atom is -0.433 e. The summed E-state index contributed by atoms with van der Waals surface area (Å²) in [4.78, 5) is 17.7. The van der Waals surface area contributed by atoms with Crippen LogP contribution in [-0.2, 0) is 16.9 Å². The van der Waals surface area contributed by atoms with Crippen LogP contribution >= 0.6 is 0 Å². The molecule has 3 rings (SSSR count). The fraction of sp³-hybridized carbons (Fsp3) is 0.294. The number of cyclic esters (lactones) is 1. The van der Waals surface area contributed by atoms with Gasteiger partial charge in [-0.1, -0.05) is 36.4 Å². The van der Waals surface area contributed by atoms with Gasteiger partial charge in [0, 0.05) is 18.0 Å². The molecule has 0 radical (unpaired) electrons. The third-order valence-electron chi connectivity index (χ3n) is 4.34. The molecule has 1 aliphatic heterocycles. The van der Waals surface area contributed by atoms with E-state index in [1.54, 1.807) is 38.4 Å². The van der Waals surface area contributed by atoms with Crippen molar-refractivity contribution in [3.05, 3.63) is 66.0 Å². The van der Waals surface area contributed by atoms with Crippen molar-refractivity contribution in [2.45, 2.75) is 31.7 Å². The lowest BCUT2D eigenvalue weighted by Crippen LogP contribution is -2.53. The first-order valence-electron chi connectivity index (χ1n) is 7.12. The average molecular weight is 298 g/mol. The Labute approximate surface area is 129 Å². The Bertz CT molecular complexity index is 673. The zero-order chi connectivity index (χ0) is 15.8. The second-order valence-electron chi connectivity index (χ2n) is 5.74. The predicted octanol–water partition coefficient (Wildman–Crippen LogP) is 2.66. The maximum atomic E-state index is 12.3. The molecule has 1 aliphatic rings. The summed E-state index contributed by atoms with van der Waals surface area (Å²) >= 11 is 0. The molecule has 22 heavy (non-hydrogen) atoms. The maximum absolute atomic E-state index is 12.3. The molecule has 0 saturated carbocycles. The quantitative estimate of drug-likeness (QED) is 0.946. The first-order chi connectivity index (χ1) is 10.4. The van der Waals surface area contributed by atoms with Gasteiger partial charge in [-0.15, -0.1) is 0 Å². The van der Waals surface area contributed by atoms with Crippen LogP contribution in [0.5, 0.6) is 0 Å². The third kappa shape index (κ3) is 2.14. The topological polar surface area (TPSA) is 62.7 Å². The van der Waals surface area contributed by atoms with Crippen LogP contribution in [0.15, 0.2) is 54.9 Å². The summed E-state index contributed by atoms with van der Waals surface area (Å²) in [6, 6.07) is 13.1. The lowest BCUT2D eigenvalue weighted by Gasteiger charge is -2.37. The smallest absolute Gasteiger partial charge is 0.413 e. The Morgan fingerprint density at radius 2 is 1.91 bits per heavy atom. The van der Waals surface area contributed by atoms with Crippen LogP contribution in [0, 0.1) is 0 Å². The number of carbonyl (C=O) groups is 1. The highest BCUT2D eigenvalue weighted by Gasteiger charge is 2.60. The van der Waals surface area contributed by atoms with Gasteiger partial charge in [0.2, 0.25) is 0 Å². The van der Waals surface area contributed by atoms with Crippen LogP contribution in [0.3, 0.4) is 0 Å². The Balaban J connectivity index is 1.96. The summed E-state index contributed by atoms with van der Waals surface area (Å²) in [5, 5.41) is 11.0. The van der Waals surface area contributed by atoms with E-state index < -0.39 is 17.4 Å². The van der Waals surface area contributed by atoms with E-state index in [1.165, 1.54) is 4.90 Å². The van der Waals surface area contributed by atoms with Crippen molar-refractivity contribution in [3.8, 4) is 0 Å². The molecule has 0 bridgehead atoms. The van der Waals surface area contributed by atoms with E-state index in [-0.39, 0.29) is 6.54 Å². The highest BCUT2D eigenvalue weighted by molar-refractivity contribution is 5.72. The molecule has 5 heteroatoms. The number of amides is 1. The van der Waals surface area contributed by atoms with Crippen LogP contribution in [0.25, 0.3) is 0 Å². The van der Waals surface area contributed by atoms with Crippen LogP contribution in [-0.4, -0.2) is 26.8 Å². The molecule has 1 amide bonds. The van der Waals surface area contributed by atoms with Gasteiger partial charge >= 0.3 is 6.09 Å². The van der Waals surface area contributed by atoms with E-state index in [4.69, 9.17) is 4.74 Å². The van der Waals surface area contributed by atoms with Crippen LogP contribution < -0.4 is 0 Å². The standard InChI is InChI=1S/C17H18N2O3/c1-16(14-9-6-10-18-11-14)17(2,21)19(15(20)22-16)12-13-7-4-3-5-8-13/h3-11,21H,12H2,1-2H3/t16-,17+/m1/s1. The Kier molecular flexibility index (Phi) is 3.37. The number of aromatic nitrogens is 1. The number of ether oxygens (including phenoxy) is 1. The molecule has 0 spiro atoms. The van der Waals surface area contributed by atoms with Crippen molar-refractivity contribution in [2.24, 2.45) is 0 Å². The SMILES string of the molecule is C[C@]1(c2cccnc2)OC(=O)N(Cc2ccccc2)[C@@]1(C)O. The van der Waals surface area contributed by atoms with Crippen molar-refractivity contribution in [1.82, 2.24) is 9.88 Å². The van der Waals surface area contributed by atoms with Gasteiger partial charge in [-0.25, -0.2) is 4.79 Å². The largest absolute Gasteiger partial charge is 0.433 e. The molecule has 5 nitrogen and oxygen atoms in total. The molecule has 1 saturated heterocycles. The van der Waals surface area contributed by atoms with Crippen molar-refractivity contribution < 1.29 is 14.6 Å². The fourth-order valence-corrected chi connectivity index (χ4v) is 2.72. The van der Waals surface area contributed by atoms with Gasteiger partial charge in [-0.3, -0.25) is 9.88 Å². The fourth-order valence-electron chi connectivity index (χ4n) is 2.72. The molecule has 0 aliphatic carbocycles. The van der Waals surface area contributed by atoms with E-state index >= 15 is 0 Å². The monoisotopic (exact) mass is 298 g/mol. The van der Waals surface area contributed by atoms with Crippen LogP contribution in [0.4, 0.5) is 4.79 Å². The summed E-state index contributed by atoms with van der Waals surface area (Å²) in [5.74, 6) is 0. The Morgan fingerprint density at radius 3 is 2.55 bits per heavy atom. The molecular formula is C17H18N2O3. The van der Waals surface area contributed by atoms with Crippen molar-refractivity contribution in [1.29, 1.82) is 0 Å². The highest BCUT2D eigenvalue weighted by atomic mass is 16.6. The van der Waals surface area contributed by atoms with Crippen LogP contribution in [0.1, 0.15) is 25.0 Å². The lowest BCUT2D eigenvalue weighted by atomic mass is 9.86. The normalized spacial score (nSPS) is 27.8. The zero-order valence-electron chi connectivity index (χ0n) is 12.6. The summed E-state index contributed by atoms with van der Waals surface area (Å²) in [7, 11) is 0. The highest BCUT2D eigenvalue weighted by Crippen LogP contribution is 2.45. The van der Waals surface area contributed by atoms with E-state index in [0.717, 1.165) is 5.56 Å². The summed E-state index contributed by atoms with van der Waals surface area (Å²) in [6.45, 7) is 3.57. The first kappa shape index (κ1) is 14.5. The molecule has 1 aromatic carbocycles. The number of hydrogen-bond donors (Lipinski definition) is 1. The summed E-state index contributed by atoms with van der Waals surface area (Å²) < 4.78 is 5.53. The molecule has 0 unspecified atom stereocenters. The lowest BCUT2D eigenvalue weighted by molar-refractivity contribution is -0.143. The van der Waals surface area contributed by atoms with E-state index in [0.29, 0.717) is 5.56 Å². The third-order valence-corrected chi connectivity index (χ3v) is 4.34. The molecule has 2 heterocycles. The number of aliphatic hydroxyl groups is 1. The number of carbonyl (C=O) groups excluding carboxylic acids is 1. The minimum atomic E-state index is -1.48. The van der Waals surface area contributed by atoms with E-state index in [2.05, 4.69) is 4.98 Å². The van der Waals surface area contributed by atoms with Gasteiger partial charge in [0.05, 0.1) is 6.54 Å². The van der Waals surface area contributed by atoms with Gasteiger partial charge in [-0.05, 0) is 25.5 Å². The summed E-state index contributed by atoms with van der Waals surface area (Å²) in [5.41, 5.74) is -1.07. The molecule has 2 atom stereocenters. The van der Waals surface area contributed by atoms with Crippen LogP contribution in [0.2, 0.25) is 0 Å². The Morgan fingerprint density at radius 1 is 1.18 bits per heavy atom. The number of pyridine rings is 1. The second-order valence-corrected chi connectivity index (χ2v) is 5.74. The van der Waals surface area contributed by atoms with Gasteiger partial charge in [0.15, 0.2) is 11.3 Å². The van der Waals surface area contributed by atoms with E-state index in [1.807, 2.05) is 30.3 Å². The molecule has 2 aromatic rings. The molecular weight excluding hydrogens is 280 g/mol. The van der Waals surface area contributed by atoms with Crippen molar-refractivity contribution >= 4 is 6.09 Å². The predicted molar refractivity (Wildman–Crippen MR) is 80.7 cm³/mol. The zero-order valence-corrected chi connectivity index (χ0v) is 12.6. The number of benzene rings is 1. The maximum Gasteiger partial charge on any atom is 0.413 e. The minimum absolute atomic E-state index is 0.280. The number of rotatable bonds is 3. The number of hydrogen-bond acceptors (Lipinski definition) is 4.